The molecular weight excluding hydrogens is 223 g/mol. The second-order valence-corrected chi connectivity index (χ2v) is 2.95. The van der Waals surface area contributed by atoms with E-state index in [0.29, 0.717) is 11.3 Å². The maximum atomic E-state index is 13.6. The van der Waals surface area contributed by atoms with Gasteiger partial charge in [-0.3, -0.25) is 4.79 Å². The first-order valence-electron chi connectivity index (χ1n) is 4.16. The molecule has 6 heteroatoms. The van der Waals surface area contributed by atoms with Gasteiger partial charge in [-0.25, -0.2) is 4.39 Å². The fourth-order valence-corrected chi connectivity index (χ4v) is 1.31. The SMILES string of the molecule is Cl.NCc1ccc2c(c1F)NC(=O)CO2. The van der Waals surface area contributed by atoms with Gasteiger partial charge in [0, 0.05) is 12.1 Å². The Morgan fingerprint density at radius 3 is 2.93 bits per heavy atom. The molecule has 15 heavy (non-hydrogen) atoms. The Morgan fingerprint density at radius 2 is 2.27 bits per heavy atom. The Kier molecular flexibility index (Phi) is 3.49. The minimum absolute atomic E-state index is 0. The van der Waals surface area contributed by atoms with Gasteiger partial charge in [0.2, 0.25) is 0 Å². The lowest BCUT2D eigenvalue weighted by molar-refractivity contribution is -0.118. The Balaban J connectivity index is 0.00000112. The zero-order valence-corrected chi connectivity index (χ0v) is 8.57. The van der Waals surface area contributed by atoms with Crippen LogP contribution in [-0.4, -0.2) is 12.5 Å². The van der Waals surface area contributed by atoms with Crippen LogP contribution in [0, 0.1) is 5.82 Å². The highest BCUT2D eigenvalue weighted by molar-refractivity contribution is 5.95. The zero-order valence-electron chi connectivity index (χ0n) is 7.75. The van der Waals surface area contributed by atoms with Crippen molar-refractivity contribution in [3.05, 3.63) is 23.5 Å². The molecule has 1 amide bonds. The Bertz CT molecular complexity index is 398. The van der Waals surface area contributed by atoms with Crippen molar-refractivity contribution in [2.45, 2.75) is 6.54 Å². The fraction of sp³-hybridized carbons (Fsp3) is 0.222. The average molecular weight is 233 g/mol. The van der Waals surface area contributed by atoms with Crippen LogP contribution in [0.1, 0.15) is 5.56 Å². The highest BCUT2D eigenvalue weighted by atomic mass is 35.5. The van der Waals surface area contributed by atoms with E-state index < -0.39 is 5.82 Å². The maximum absolute atomic E-state index is 13.6. The predicted molar refractivity (Wildman–Crippen MR) is 55.7 cm³/mol. The van der Waals surface area contributed by atoms with Gasteiger partial charge in [-0.1, -0.05) is 6.07 Å². The maximum Gasteiger partial charge on any atom is 0.262 e. The number of halogens is 2. The Labute approximate surface area is 92.0 Å². The van der Waals surface area contributed by atoms with Crippen LogP contribution in [0.25, 0.3) is 0 Å². The number of ether oxygens (including phenoxy) is 1. The van der Waals surface area contributed by atoms with Gasteiger partial charge in [-0.15, -0.1) is 12.4 Å². The first kappa shape index (κ1) is 11.7. The molecule has 1 aromatic rings. The van der Waals surface area contributed by atoms with Crippen molar-refractivity contribution in [2.24, 2.45) is 5.73 Å². The lowest BCUT2D eigenvalue weighted by atomic mass is 10.1. The molecule has 1 aliphatic heterocycles. The van der Waals surface area contributed by atoms with Gasteiger partial charge in [0.05, 0.1) is 0 Å². The number of hydrogen-bond acceptors (Lipinski definition) is 3. The van der Waals surface area contributed by atoms with Crippen LogP contribution in [0.4, 0.5) is 10.1 Å². The molecule has 1 heterocycles. The second kappa shape index (κ2) is 4.46. The summed E-state index contributed by atoms with van der Waals surface area (Å²) in [5.74, 6) is -0.525. The van der Waals surface area contributed by atoms with Gasteiger partial charge in [0.15, 0.2) is 12.4 Å². The molecule has 0 fully saturated rings. The van der Waals surface area contributed by atoms with Crippen molar-refractivity contribution in [3.63, 3.8) is 0 Å². The van der Waals surface area contributed by atoms with E-state index in [-0.39, 0.29) is 37.2 Å². The van der Waals surface area contributed by atoms with Crippen LogP contribution in [0.3, 0.4) is 0 Å². The lowest BCUT2D eigenvalue weighted by Crippen LogP contribution is -2.26. The standard InChI is InChI=1S/C9H9FN2O2.ClH/c10-8-5(3-11)1-2-6-9(8)12-7(13)4-14-6;/h1-2H,3-4,11H2,(H,12,13);1H. The molecule has 0 atom stereocenters. The summed E-state index contributed by atoms with van der Waals surface area (Å²) >= 11 is 0. The molecule has 0 radical (unpaired) electrons. The van der Waals surface area contributed by atoms with E-state index in [2.05, 4.69) is 5.32 Å². The predicted octanol–water partition coefficient (Wildman–Crippen LogP) is 1.04. The fourth-order valence-electron chi connectivity index (χ4n) is 1.31. The topological polar surface area (TPSA) is 64.3 Å². The number of nitrogens with one attached hydrogen (secondary N) is 1. The Hall–Kier alpha value is -1.33. The number of nitrogens with two attached hydrogens (primary N) is 1. The molecule has 0 unspecified atom stereocenters. The van der Waals surface area contributed by atoms with Crippen LogP contribution >= 0.6 is 12.4 Å². The summed E-state index contributed by atoms with van der Waals surface area (Å²) in [5, 5.41) is 2.41. The first-order valence-corrected chi connectivity index (χ1v) is 4.16. The van der Waals surface area contributed by atoms with E-state index in [1.165, 1.54) is 0 Å². The monoisotopic (exact) mass is 232 g/mol. The molecule has 2 rings (SSSR count). The molecule has 0 saturated heterocycles. The van der Waals surface area contributed by atoms with Crippen LogP contribution in [-0.2, 0) is 11.3 Å². The molecule has 1 aromatic carbocycles. The highest BCUT2D eigenvalue weighted by Crippen LogP contribution is 2.31. The number of rotatable bonds is 1. The summed E-state index contributed by atoms with van der Waals surface area (Å²) in [4.78, 5) is 10.9. The van der Waals surface area contributed by atoms with Crippen LogP contribution in [0.5, 0.6) is 5.75 Å². The minimum atomic E-state index is -0.516. The van der Waals surface area contributed by atoms with E-state index in [0.717, 1.165) is 0 Å². The second-order valence-electron chi connectivity index (χ2n) is 2.95. The summed E-state index contributed by atoms with van der Waals surface area (Å²) in [6.45, 7) is 0.0173. The molecule has 1 aliphatic rings. The molecule has 0 saturated carbocycles. The van der Waals surface area contributed by atoms with Crippen molar-refractivity contribution in [1.82, 2.24) is 0 Å². The van der Waals surface area contributed by atoms with E-state index >= 15 is 0 Å². The van der Waals surface area contributed by atoms with E-state index in [1.54, 1.807) is 12.1 Å². The summed E-state index contributed by atoms with van der Waals surface area (Å²) < 4.78 is 18.6. The van der Waals surface area contributed by atoms with Crippen molar-refractivity contribution in [2.75, 3.05) is 11.9 Å². The van der Waals surface area contributed by atoms with Crippen molar-refractivity contribution < 1.29 is 13.9 Å². The van der Waals surface area contributed by atoms with Crippen molar-refractivity contribution in [3.8, 4) is 5.75 Å². The molecule has 0 spiro atoms. The van der Waals surface area contributed by atoms with Gasteiger partial charge < -0.3 is 15.8 Å². The third-order valence-electron chi connectivity index (χ3n) is 2.03. The minimum Gasteiger partial charge on any atom is -0.481 e. The summed E-state index contributed by atoms with van der Waals surface area (Å²) in [6.07, 6.45) is 0. The third kappa shape index (κ3) is 2.03. The smallest absolute Gasteiger partial charge is 0.262 e. The zero-order chi connectivity index (χ0) is 10.1. The highest BCUT2D eigenvalue weighted by Gasteiger charge is 2.21. The summed E-state index contributed by atoms with van der Waals surface area (Å²) in [5.41, 5.74) is 5.77. The van der Waals surface area contributed by atoms with Crippen molar-refractivity contribution >= 4 is 24.0 Å². The van der Waals surface area contributed by atoms with Gasteiger partial charge in [-0.2, -0.15) is 0 Å². The number of amides is 1. The van der Waals surface area contributed by atoms with Gasteiger partial charge in [0.1, 0.15) is 11.4 Å². The molecule has 0 aromatic heterocycles. The largest absolute Gasteiger partial charge is 0.481 e. The molecule has 3 N–H and O–H groups in total. The van der Waals surface area contributed by atoms with Crippen LogP contribution in [0.2, 0.25) is 0 Å². The molecule has 4 nitrogen and oxygen atoms in total. The summed E-state index contributed by atoms with van der Waals surface area (Å²) in [7, 11) is 0. The normalized spacial score (nSPS) is 13.3. The lowest BCUT2D eigenvalue weighted by Gasteiger charge is -2.19. The number of hydrogen-bond donors (Lipinski definition) is 2. The number of benzene rings is 1. The molecule has 0 bridgehead atoms. The number of carbonyl (C=O) groups excluding carboxylic acids is 1. The molecular formula is C9H10ClFN2O2. The Morgan fingerprint density at radius 1 is 1.53 bits per heavy atom. The van der Waals surface area contributed by atoms with E-state index in [4.69, 9.17) is 10.5 Å². The first-order chi connectivity index (χ1) is 6.72. The van der Waals surface area contributed by atoms with Gasteiger partial charge >= 0.3 is 0 Å². The average Bonchev–Trinajstić information content (AvgIpc) is 2.20. The number of anilines is 1. The van der Waals surface area contributed by atoms with Crippen LogP contribution < -0.4 is 15.8 Å². The third-order valence-corrected chi connectivity index (χ3v) is 2.03. The van der Waals surface area contributed by atoms with Crippen LogP contribution in [0.15, 0.2) is 12.1 Å². The van der Waals surface area contributed by atoms with Gasteiger partial charge in [-0.05, 0) is 6.07 Å². The quantitative estimate of drug-likeness (QED) is 0.760. The number of fused-ring (bicyclic) bond motifs is 1. The van der Waals surface area contributed by atoms with E-state index in [1.807, 2.05) is 0 Å². The molecule has 0 aliphatic carbocycles. The van der Waals surface area contributed by atoms with Crippen molar-refractivity contribution in [1.29, 1.82) is 0 Å². The summed E-state index contributed by atoms with van der Waals surface area (Å²) in [6, 6.07) is 3.14. The van der Waals surface area contributed by atoms with Gasteiger partial charge in [0.25, 0.3) is 5.91 Å². The van der Waals surface area contributed by atoms with E-state index in [9.17, 15) is 9.18 Å². The molecule has 82 valence electrons. The number of carbonyl (C=O) groups is 1.